The molecule has 0 amide bonds. The molecule has 1 aromatic carbocycles. The van der Waals surface area contributed by atoms with Crippen LogP contribution in [0.1, 0.15) is 24.9 Å². The van der Waals surface area contributed by atoms with Crippen molar-refractivity contribution in [2.45, 2.75) is 29.7 Å². The molecule has 0 aliphatic carbocycles. The summed E-state index contributed by atoms with van der Waals surface area (Å²) < 4.78 is 41.4. The van der Waals surface area contributed by atoms with E-state index < -0.39 is 6.36 Å². The minimum absolute atomic E-state index is 0.0176. The second-order valence-electron chi connectivity index (χ2n) is 4.82. The van der Waals surface area contributed by atoms with Crippen molar-refractivity contribution in [2.24, 2.45) is 0 Å². The lowest BCUT2D eigenvalue weighted by Crippen LogP contribution is -2.24. The Kier molecular flexibility index (Phi) is 5.07. The molecular weight excluding hydrogens is 406 g/mol. The highest BCUT2D eigenvalue weighted by Gasteiger charge is 2.32. The number of ether oxygens (including phenoxy) is 1. The molecule has 1 heterocycles. The molecule has 1 aromatic rings. The highest BCUT2D eigenvalue weighted by Crippen LogP contribution is 2.33. The zero-order valence-electron chi connectivity index (χ0n) is 10.8. The summed E-state index contributed by atoms with van der Waals surface area (Å²) in [5.74, 6) is -0.267. The lowest BCUT2D eigenvalue weighted by Gasteiger charge is -2.25. The number of rotatable bonds is 3. The lowest BCUT2D eigenvalue weighted by molar-refractivity contribution is -0.274. The van der Waals surface area contributed by atoms with Crippen LogP contribution in [0.5, 0.6) is 5.75 Å². The Morgan fingerprint density at radius 3 is 2.65 bits per heavy atom. The first-order valence-corrected chi connectivity index (χ1v) is 7.81. The van der Waals surface area contributed by atoms with Crippen molar-refractivity contribution in [3.8, 4) is 5.75 Å². The van der Waals surface area contributed by atoms with Gasteiger partial charge in [0, 0.05) is 21.5 Å². The smallest absolute Gasteiger partial charge is 0.406 e. The molecule has 0 bridgehead atoms. The van der Waals surface area contributed by atoms with Gasteiger partial charge in [-0.3, -0.25) is 4.90 Å². The molecule has 2 atom stereocenters. The highest BCUT2D eigenvalue weighted by atomic mass is 127. The van der Waals surface area contributed by atoms with E-state index in [1.54, 1.807) is 6.07 Å². The third-order valence-electron chi connectivity index (χ3n) is 3.32. The summed E-state index contributed by atoms with van der Waals surface area (Å²) in [4.78, 5) is 2.24. The zero-order valence-corrected chi connectivity index (χ0v) is 13.7. The summed E-state index contributed by atoms with van der Waals surface area (Å²) in [6, 6.07) is 4.29. The van der Waals surface area contributed by atoms with Crippen LogP contribution in [0.3, 0.4) is 0 Å². The van der Waals surface area contributed by atoms with Gasteiger partial charge in [-0.25, -0.2) is 0 Å². The summed E-state index contributed by atoms with van der Waals surface area (Å²) in [5.41, 5.74) is 0.738. The number of hydrogen-bond acceptors (Lipinski definition) is 2. The minimum atomic E-state index is -4.70. The molecule has 1 unspecified atom stereocenters. The molecule has 0 saturated carbocycles. The number of nitrogens with zero attached hydrogens (tertiary/aromatic N) is 1. The molecule has 0 radical (unpaired) electrons. The van der Waals surface area contributed by atoms with E-state index in [0.29, 0.717) is 3.92 Å². The van der Waals surface area contributed by atoms with E-state index in [9.17, 15) is 13.2 Å². The van der Waals surface area contributed by atoms with Crippen molar-refractivity contribution in [3.63, 3.8) is 0 Å². The average molecular weight is 420 g/mol. The first kappa shape index (κ1) is 16.2. The minimum Gasteiger partial charge on any atom is -0.406 e. The fraction of sp³-hybridized carbons (Fsp3) is 0.538. The number of alkyl halides is 4. The molecule has 1 saturated heterocycles. The van der Waals surface area contributed by atoms with Gasteiger partial charge in [0.05, 0.1) is 0 Å². The van der Waals surface area contributed by atoms with Gasteiger partial charge in [-0.05, 0) is 43.7 Å². The molecule has 1 aliphatic rings. The van der Waals surface area contributed by atoms with E-state index in [0.717, 1.165) is 25.1 Å². The van der Waals surface area contributed by atoms with Crippen molar-refractivity contribution < 1.29 is 17.9 Å². The van der Waals surface area contributed by atoms with Crippen molar-refractivity contribution >= 4 is 34.2 Å². The van der Waals surface area contributed by atoms with Gasteiger partial charge in [-0.1, -0.05) is 34.2 Å². The molecule has 7 heteroatoms. The Hall–Kier alpha value is -0.210. The third-order valence-corrected chi connectivity index (χ3v) is 4.55. The molecule has 1 aliphatic heterocycles. The second kappa shape index (κ2) is 6.27. The average Bonchev–Trinajstić information content (AvgIpc) is 2.71. The lowest BCUT2D eigenvalue weighted by atomic mass is 10.1. The maximum atomic E-state index is 12.3. The Morgan fingerprint density at radius 2 is 2.10 bits per heavy atom. The van der Waals surface area contributed by atoms with Gasteiger partial charge < -0.3 is 4.74 Å². The normalized spacial score (nSPS) is 22.0. The Morgan fingerprint density at radius 1 is 1.40 bits per heavy atom. The highest BCUT2D eigenvalue weighted by molar-refractivity contribution is 14.1. The Bertz CT molecular complexity index is 483. The standard InChI is InChI=1S/C13H14ClF3INO/c1-8(19-3-2-11(18)7-19)9-4-10(14)6-12(5-9)20-13(15,16)17/h4-6,8,11H,2-3,7H2,1H3/t8-,11?/m1/s1. The van der Waals surface area contributed by atoms with Crippen LogP contribution >= 0.6 is 34.2 Å². The monoisotopic (exact) mass is 419 g/mol. The van der Waals surface area contributed by atoms with Crippen LogP contribution in [0.25, 0.3) is 0 Å². The summed E-state index contributed by atoms with van der Waals surface area (Å²) in [6.07, 6.45) is -3.61. The molecular formula is C13H14ClF3INO. The topological polar surface area (TPSA) is 12.5 Å². The van der Waals surface area contributed by atoms with Crippen LogP contribution < -0.4 is 4.74 Å². The van der Waals surface area contributed by atoms with Crippen molar-refractivity contribution in [3.05, 3.63) is 28.8 Å². The number of benzene rings is 1. The van der Waals surface area contributed by atoms with Crippen LogP contribution in [0, 0.1) is 0 Å². The molecule has 1 fully saturated rings. The van der Waals surface area contributed by atoms with Crippen LogP contribution in [0.4, 0.5) is 13.2 Å². The summed E-state index contributed by atoms with van der Waals surface area (Å²) >= 11 is 8.28. The van der Waals surface area contributed by atoms with Gasteiger partial charge in [0.1, 0.15) is 5.75 Å². The number of halogens is 5. The van der Waals surface area contributed by atoms with Gasteiger partial charge in [0.25, 0.3) is 0 Å². The van der Waals surface area contributed by atoms with E-state index in [-0.39, 0.29) is 16.8 Å². The second-order valence-corrected chi connectivity index (χ2v) is 7.02. The van der Waals surface area contributed by atoms with Gasteiger partial charge in [0.2, 0.25) is 0 Å². The van der Waals surface area contributed by atoms with Crippen LogP contribution in [0.2, 0.25) is 5.02 Å². The van der Waals surface area contributed by atoms with E-state index in [4.69, 9.17) is 11.6 Å². The molecule has 0 spiro atoms. The van der Waals surface area contributed by atoms with Gasteiger partial charge >= 0.3 is 6.36 Å². The molecule has 0 N–H and O–H groups in total. The van der Waals surface area contributed by atoms with Crippen molar-refractivity contribution in [1.82, 2.24) is 4.90 Å². The Balaban J connectivity index is 2.19. The molecule has 0 aromatic heterocycles. The van der Waals surface area contributed by atoms with Crippen molar-refractivity contribution in [1.29, 1.82) is 0 Å². The van der Waals surface area contributed by atoms with Gasteiger partial charge in [-0.15, -0.1) is 13.2 Å². The van der Waals surface area contributed by atoms with Crippen LogP contribution in [0.15, 0.2) is 18.2 Å². The summed E-state index contributed by atoms with van der Waals surface area (Å²) in [7, 11) is 0. The van der Waals surface area contributed by atoms with Gasteiger partial charge in [0.15, 0.2) is 0 Å². The first-order valence-electron chi connectivity index (χ1n) is 6.19. The third kappa shape index (κ3) is 4.39. The van der Waals surface area contributed by atoms with E-state index >= 15 is 0 Å². The molecule has 2 nitrogen and oxygen atoms in total. The first-order chi connectivity index (χ1) is 9.24. The molecule has 20 heavy (non-hydrogen) atoms. The SMILES string of the molecule is C[C@H](c1cc(Cl)cc(OC(F)(F)F)c1)N1CCC(I)C1. The maximum absolute atomic E-state index is 12.3. The quantitative estimate of drug-likeness (QED) is 0.515. The fourth-order valence-electron chi connectivity index (χ4n) is 2.32. The molecule has 112 valence electrons. The number of hydrogen-bond donors (Lipinski definition) is 0. The zero-order chi connectivity index (χ0) is 14.9. The van der Waals surface area contributed by atoms with Crippen molar-refractivity contribution in [2.75, 3.05) is 13.1 Å². The Labute approximate surface area is 134 Å². The van der Waals surface area contributed by atoms with Gasteiger partial charge in [-0.2, -0.15) is 0 Å². The largest absolute Gasteiger partial charge is 0.573 e. The van der Waals surface area contributed by atoms with E-state index in [1.807, 2.05) is 6.92 Å². The predicted molar refractivity (Wildman–Crippen MR) is 80.5 cm³/mol. The summed E-state index contributed by atoms with van der Waals surface area (Å²) in [5, 5.41) is 0.249. The fourth-order valence-corrected chi connectivity index (χ4v) is 3.34. The van der Waals surface area contributed by atoms with Crippen LogP contribution in [-0.2, 0) is 0 Å². The number of likely N-dealkylation sites (tertiary alicyclic amines) is 1. The molecule has 2 rings (SSSR count). The van der Waals surface area contributed by atoms with Crippen LogP contribution in [-0.4, -0.2) is 28.3 Å². The summed E-state index contributed by atoms with van der Waals surface area (Å²) in [6.45, 7) is 3.85. The predicted octanol–water partition coefficient (Wildman–Crippen LogP) is 4.81. The maximum Gasteiger partial charge on any atom is 0.573 e. The van der Waals surface area contributed by atoms with E-state index in [1.165, 1.54) is 12.1 Å². The van der Waals surface area contributed by atoms with E-state index in [2.05, 4.69) is 32.2 Å².